The third-order valence-corrected chi connectivity index (χ3v) is 6.52. The van der Waals surface area contributed by atoms with Gasteiger partial charge in [0.1, 0.15) is 0 Å². The first kappa shape index (κ1) is 22.0. The standard InChI is InChI=1S/C18H22N2O6S2/c1-3-26-18(21)16-8-5-9-17(11-16)28(24,25)20-12-14-6-4-7-15(10-14)13-27(22,23)19-2/h4-11,19-20H,3,12-13H2,1-2H3. The van der Waals surface area contributed by atoms with Crippen molar-refractivity contribution in [1.29, 1.82) is 0 Å². The van der Waals surface area contributed by atoms with E-state index < -0.39 is 26.0 Å². The largest absolute Gasteiger partial charge is 0.462 e. The zero-order valence-corrected chi connectivity index (χ0v) is 17.1. The van der Waals surface area contributed by atoms with E-state index in [-0.39, 0.29) is 29.4 Å². The number of ether oxygens (including phenoxy) is 1. The summed E-state index contributed by atoms with van der Waals surface area (Å²) in [6.45, 7) is 1.82. The number of sulfonamides is 2. The SMILES string of the molecule is CCOC(=O)c1cccc(S(=O)(=O)NCc2cccc(CS(=O)(=O)NC)c2)c1. The van der Waals surface area contributed by atoms with Gasteiger partial charge in [0, 0.05) is 6.54 Å². The Bertz CT molecular complexity index is 1050. The molecule has 2 aromatic rings. The molecule has 152 valence electrons. The van der Waals surface area contributed by atoms with Crippen molar-refractivity contribution in [3.63, 3.8) is 0 Å². The van der Waals surface area contributed by atoms with Crippen molar-refractivity contribution in [2.75, 3.05) is 13.7 Å². The molecule has 0 aromatic heterocycles. The molecule has 0 aliphatic carbocycles. The lowest BCUT2D eigenvalue weighted by Crippen LogP contribution is -2.24. The highest BCUT2D eigenvalue weighted by molar-refractivity contribution is 7.89. The molecule has 0 saturated heterocycles. The Kier molecular flexibility index (Phi) is 7.30. The lowest BCUT2D eigenvalue weighted by molar-refractivity contribution is 0.0526. The number of rotatable bonds is 9. The Morgan fingerprint density at radius 1 is 1.00 bits per heavy atom. The molecule has 0 heterocycles. The summed E-state index contributed by atoms with van der Waals surface area (Å²) in [5.74, 6) is -0.802. The van der Waals surface area contributed by atoms with Gasteiger partial charge in [-0.05, 0) is 43.3 Å². The first-order valence-corrected chi connectivity index (χ1v) is 11.6. The van der Waals surface area contributed by atoms with Crippen LogP contribution in [0, 0.1) is 0 Å². The van der Waals surface area contributed by atoms with Crippen LogP contribution in [0.3, 0.4) is 0 Å². The van der Waals surface area contributed by atoms with Crippen LogP contribution in [-0.4, -0.2) is 36.5 Å². The van der Waals surface area contributed by atoms with Crippen LogP contribution in [0.15, 0.2) is 53.4 Å². The molecule has 0 fully saturated rings. The van der Waals surface area contributed by atoms with E-state index in [1.807, 2.05) is 0 Å². The maximum Gasteiger partial charge on any atom is 0.338 e. The summed E-state index contributed by atoms with van der Waals surface area (Å²) in [7, 11) is -5.97. The molecule has 0 amide bonds. The third kappa shape index (κ3) is 6.13. The van der Waals surface area contributed by atoms with Gasteiger partial charge in [-0.2, -0.15) is 0 Å². The smallest absolute Gasteiger partial charge is 0.338 e. The molecular formula is C18H22N2O6S2. The molecule has 0 bridgehead atoms. The van der Waals surface area contributed by atoms with Gasteiger partial charge in [-0.3, -0.25) is 0 Å². The molecule has 0 saturated carbocycles. The Labute approximate surface area is 165 Å². The summed E-state index contributed by atoms with van der Waals surface area (Å²) in [5.41, 5.74) is 1.29. The summed E-state index contributed by atoms with van der Waals surface area (Å²) in [5, 5.41) is 0. The second-order valence-electron chi connectivity index (χ2n) is 5.86. The number of esters is 1. The summed E-state index contributed by atoms with van der Waals surface area (Å²) < 4.78 is 57.9. The predicted molar refractivity (Wildman–Crippen MR) is 105 cm³/mol. The lowest BCUT2D eigenvalue weighted by atomic mass is 10.1. The maximum absolute atomic E-state index is 12.5. The maximum atomic E-state index is 12.5. The number of hydrogen-bond donors (Lipinski definition) is 2. The van der Waals surface area contributed by atoms with Crippen LogP contribution in [0.1, 0.15) is 28.4 Å². The average Bonchev–Trinajstić information content (AvgIpc) is 2.67. The highest BCUT2D eigenvalue weighted by Crippen LogP contribution is 2.14. The summed E-state index contributed by atoms with van der Waals surface area (Å²) in [4.78, 5) is 11.7. The minimum absolute atomic E-state index is 0.0284. The molecule has 10 heteroatoms. The van der Waals surface area contributed by atoms with E-state index in [9.17, 15) is 21.6 Å². The number of benzene rings is 2. The minimum atomic E-state index is -3.87. The Hall–Kier alpha value is -2.27. The third-order valence-electron chi connectivity index (χ3n) is 3.78. The summed E-state index contributed by atoms with van der Waals surface area (Å²) >= 11 is 0. The van der Waals surface area contributed by atoms with Gasteiger partial charge in [-0.25, -0.2) is 31.1 Å². The van der Waals surface area contributed by atoms with Gasteiger partial charge >= 0.3 is 5.97 Å². The molecule has 2 N–H and O–H groups in total. The van der Waals surface area contributed by atoms with Crippen LogP contribution in [0.25, 0.3) is 0 Å². The predicted octanol–water partition coefficient (Wildman–Crippen LogP) is 1.39. The van der Waals surface area contributed by atoms with Gasteiger partial charge in [0.05, 0.1) is 22.8 Å². The van der Waals surface area contributed by atoms with Crippen molar-refractivity contribution in [3.8, 4) is 0 Å². The van der Waals surface area contributed by atoms with Crippen LogP contribution < -0.4 is 9.44 Å². The average molecular weight is 427 g/mol. The van der Waals surface area contributed by atoms with E-state index in [4.69, 9.17) is 4.74 Å². The van der Waals surface area contributed by atoms with E-state index in [1.54, 1.807) is 31.2 Å². The number of carbonyl (C=O) groups excluding carboxylic acids is 1. The molecule has 0 radical (unpaired) electrons. The molecule has 2 rings (SSSR count). The zero-order chi connectivity index (χ0) is 20.8. The fourth-order valence-corrected chi connectivity index (χ4v) is 4.21. The van der Waals surface area contributed by atoms with E-state index >= 15 is 0 Å². The highest BCUT2D eigenvalue weighted by Gasteiger charge is 2.17. The number of carbonyl (C=O) groups is 1. The molecule has 0 aliphatic heterocycles. The molecular weight excluding hydrogens is 404 g/mol. The van der Waals surface area contributed by atoms with Gasteiger partial charge in [-0.15, -0.1) is 0 Å². The molecule has 0 atom stereocenters. The van der Waals surface area contributed by atoms with Crippen molar-refractivity contribution in [1.82, 2.24) is 9.44 Å². The van der Waals surface area contributed by atoms with Crippen LogP contribution in [0.2, 0.25) is 0 Å². The van der Waals surface area contributed by atoms with Crippen molar-refractivity contribution in [2.45, 2.75) is 24.1 Å². The van der Waals surface area contributed by atoms with E-state index in [0.717, 1.165) is 0 Å². The van der Waals surface area contributed by atoms with Crippen molar-refractivity contribution < 1.29 is 26.4 Å². The van der Waals surface area contributed by atoms with Gasteiger partial charge in [0.2, 0.25) is 20.0 Å². The van der Waals surface area contributed by atoms with Gasteiger partial charge in [0.15, 0.2) is 0 Å². The summed E-state index contributed by atoms with van der Waals surface area (Å²) in [6.07, 6.45) is 0. The Morgan fingerprint density at radius 3 is 2.36 bits per heavy atom. The van der Waals surface area contributed by atoms with Crippen molar-refractivity contribution in [2.24, 2.45) is 0 Å². The lowest BCUT2D eigenvalue weighted by Gasteiger charge is -2.10. The van der Waals surface area contributed by atoms with Crippen molar-refractivity contribution >= 4 is 26.0 Å². The second-order valence-corrected chi connectivity index (χ2v) is 9.55. The number of hydrogen-bond acceptors (Lipinski definition) is 6. The number of nitrogens with one attached hydrogen (secondary N) is 2. The first-order chi connectivity index (χ1) is 13.2. The topological polar surface area (TPSA) is 119 Å². The van der Waals surface area contributed by atoms with E-state index in [0.29, 0.717) is 11.1 Å². The van der Waals surface area contributed by atoms with Gasteiger partial charge < -0.3 is 4.74 Å². The second kappa shape index (κ2) is 9.28. The molecule has 8 nitrogen and oxygen atoms in total. The Morgan fingerprint density at radius 2 is 1.68 bits per heavy atom. The monoisotopic (exact) mass is 426 g/mol. The van der Waals surface area contributed by atoms with Crippen LogP contribution in [0.5, 0.6) is 0 Å². The van der Waals surface area contributed by atoms with E-state index in [1.165, 1.54) is 31.3 Å². The zero-order valence-electron chi connectivity index (χ0n) is 15.5. The molecule has 0 unspecified atom stereocenters. The van der Waals surface area contributed by atoms with Gasteiger partial charge in [0.25, 0.3) is 0 Å². The summed E-state index contributed by atoms with van der Waals surface area (Å²) in [6, 6.07) is 12.2. The van der Waals surface area contributed by atoms with Crippen molar-refractivity contribution in [3.05, 3.63) is 65.2 Å². The van der Waals surface area contributed by atoms with Crippen LogP contribution in [-0.2, 0) is 37.1 Å². The molecule has 0 aliphatic rings. The normalized spacial score (nSPS) is 11.9. The molecule has 28 heavy (non-hydrogen) atoms. The fraction of sp³-hybridized carbons (Fsp3) is 0.278. The van der Waals surface area contributed by atoms with Gasteiger partial charge in [-0.1, -0.05) is 30.3 Å². The molecule has 2 aromatic carbocycles. The van der Waals surface area contributed by atoms with E-state index in [2.05, 4.69) is 9.44 Å². The minimum Gasteiger partial charge on any atom is -0.462 e. The van der Waals surface area contributed by atoms with Crippen LogP contribution in [0.4, 0.5) is 0 Å². The van der Waals surface area contributed by atoms with Crippen LogP contribution >= 0.6 is 0 Å². The quantitative estimate of drug-likeness (QED) is 0.585. The molecule has 0 spiro atoms. The first-order valence-electron chi connectivity index (χ1n) is 8.43. The fourth-order valence-electron chi connectivity index (χ4n) is 2.39. The Balaban J connectivity index is 2.14. The highest BCUT2D eigenvalue weighted by atomic mass is 32.2.